The molecular formula is C15H10Cl2N2. The maximum absolute atomic E-state index is 6.21. The van der Waals surface area contributed by atoms with E-state index in [1.807, 2.05) is 43.3 Å². The Morgan fingerprint density at radius 1 is 0.947 bits per heavy atom. The molecule has 19 heavy (non-hydrogen) atoms. The van der Waals surface area contributed by atoms with Gasteiger partial charge in [-0.3, -0.25) is 0 Å². The first-order chi connectivity index (χ1) is 9.15. The van der Waals surface area contributed by atoms with Gasteiger partial charge in [0.05, 0.1) is 10.5 Å². The van der Waals surface area contributed by atoms with E-state index in [4.69, 9.17) is 23.2 Å². The molecule has 0 fully saturated rings. The van der Waals surface area contributed by atoms with Crippen molar-refractivity contribution in [3.63, 3.8) is 0 Å². The van der Waals surface area contributed by atoms with Crippen molar-refractivity contribution in [2.24, 2.45) is 0 Å². The standard InChI is InChI=1S/C15H10Cl2N2/c1-9-4-2-5-10(8-9)15-18-13-11(14(17)19-15)6-3-7-12(13)16/h2-8H,1H3. The molecule has 2 nitrogen and oxygen atoms in total. The Morgan fingerprint density at radius 3 is 2.53 bits per heavy atom. The minimum absolute atomic E-state index is 0.420. The maximum Gasteiger partial charge on any atom is 0.161 e. The fourth-order valence-electron chi connectivity index (χ4n) is 1.99. The van der Waals surface area contributed by atoms with Gasteiger partial charge in [0.15, 0.2) is 5.82 Å². The third-order valence-electron chi connectivity index (χ3n) is 2.91. The molecule has 0 atom stereocenters. The molecule has 3 rings (SSSR count). The second-order valence-corrected chi connectivity index (χ2v) is 5.11. The molecule has 0 aliphatic carbocycles. The van der Waals surface area contributed by atoms with E-state index in [1.54, 1.807) is 6.07 Å². The van der Waals surface area contributed by atoms with Crippen LogP contribution in [0.25, 0.3) is 22.3 Å². The Kier molecular flexibility index (Phi) is 3.13. The highest BCUT2D eigenvalue weighted by molar-refractivity contribution is 6.38. The summed E-state index contributed by atoms with van der Waals surface area (Å²) in [4.78, 5) is 8.87. The lowest BCUT2D eigenvalue weighted by Crippen LogP contribution is -1.92. The zero-order valence-corrected chi connectivity index (χ0v) is 11.7. The van der Waals surface area contributed by atoms with Crippen LogP contribution in [-0.2, 0) is 0 Å². The SMILES string of the molecule is Cc1cccc(-c2nc(Cl)c3cccc(Cl)c3n2)c1. The summed E-state index contributed by atoms with van der Waals surface area (Å²) < 4.78 is 0. The van der Waals surface area contributed by atoms with E-state index >= 15 is 0 Å². The first-order valence-corrected chi connectivity index (χ1v) is 6.59. The van der Waals surface area contributed by atoms with Crippen molar-refractivity contribution in [2.75, 3.05) is 0 Å². The summed E-state index contributed by atoms with van der Waals surface area (Å²) in [6.45, 7) is 2.03. The maximum atomic E-state index is 6.21. The number of nitrogens with zero attached hydrogens (tertiary/aromatic N) is 2. The van der Waals surface area contributed by atoms with Crippen molar-refractivity contribution in [1.29, 1.82) is 0 Å². The van der Waals surface area contributed by atoms with E-state index in [0.717, 1.165) is 16.5 Å². The van der Waals surface area contributed by atoms with E-state index in [-0.39, 0.29) is 0 Å². The first kappa shape index (κ1) is 12.4. The topological polar surface area (TPSA) is 25.8 Å². The van der Waals surface area contributed by atoms with Crippen molar-refractivity contribution in [1.82, 2.24) is 9.97 Å². The Bertz CT molecular complexity index is 769. The summed E-state index contributed by atoms with van der Waals surface area (Å²) in [5.41, 5.74) is 2.76. The number of halogens is 2. The lowest BCUT2D eigenvalue weighted by atomic mass is 10.1. The van der Waals surface area contributed by atoms with Crippen molar-refractivity contribution in [3.05, 3.63) is 58.2 Å². The Labute approximate surface area is 121 Å². The molecule has 2 aromatic carbocycles. The lowest BCUT2D eigenvalue weighted by molar-refractivity contribution is 1.22. The van der Waals surface area contributed by atoms with Crippen molar-refractivity contribution < 1.29 is 0 Å². The minimum atomic E-state index is 0.420. The van der Waals surface area contributed by atoms with Crippen LogP contribution in [0, 0.1) is 6.92 Å². The van der Waals surface area contributed by atoms with E-state index in [2.05, 4.69) is 9.97 Å². The molecule has 0 N–H and O–H groups in total. The molecule has 0 radical (unpaired) electrons. The monoisotopic (exact) mass is 288 g/mol. The van der Waals surface area contributed by atoms with Crippen LogP contribution in [-0.4, -0.2) is 9.97 Å². The summed E-state index contributed by atoms with van der Waals surface area (Å²) in [5, 5.41) is 1.77. The van der Waals surface area contributed by atoms with Gasteiger partial charge < -0.3 is 0 Å². The second-order valence-electron chi connectivity index (χ2n) is 4.34. The molecule has 0 aliphatic heterocycles. The van der Waals surface area contributed by atoms with Crippen LogP contribution < -0.4 is 0 Å². The average Bonchev–Trinajstić information content (AvgIpc) is 2.40. The highest BCUT2D eigenvalue weighted by Crippen LogP contribution is 2.29. The van der Waals surface area contributed by atoms with Gasteiger partial charge in [0.2, 0.25) is 0 Å². The van der Waals surface area contributed by atoms with Gasteiger partial charge in [-0.25, -0.2) is 9.97 Å². The van der Waals surface area contributed by atoms with Gasteiger partial charge in [0.1, 0.15) is 5.15 Å². The fourth-order valence-corrected chi connectivity index (χ4v) is 2.44. The number of aryl methyl sites for hydroxylation is 1. The van der Waals surface area contributed by atoms with Gasteiger partial charge in [0.25, 0.3) is 0 Å². The Morgan fingerprint density at radius 2 is 1.74 bits per heavy atom. The molecule has 0 unspecified atom stereocenters. The highest BCUT2D eigenvalue weighted by atomic mass is 35.5. The molecule has 1 aromatic heterocycles. The first-order valence-electron chi connectivity index (χ1n) is 5.84. The van der Waals surface area contributed by atoms with Crippen molar-refractivity contribution in [3.8, 4) is 11.4 Å². The summed E-state index contributed by atoms with van der Waals surface area (Å²) >= 11 is 12.4. The van der Waals surface area contributed by atoms with Crippen LogP contribution in [0.15, 0.2) is 42.5 Å². The number of hydrogen-bond donors (Lipinski definition) is 0. The lowest BCUT2D eigenvalue weighted by Gasteiger charge is -2.06. The summed E-state index contributed by atoms with van der Waals surface area (Å²) in [5.74, 6) is 0.592. The predicted molar refractivity (Wildman–Crippen MR) is 79.7 cm³/mol. The largest absolute Gasteiger partial charge is 0.226 e. The number of hydrogen-bond acceptors (Lipinski definition) is 2. The summed E-state index contributed by atoms with van der Waals surface area (Å²) in [6.07, 6.45) is 0. The van der Waals surface area contributed by atoms with Gasteiger partial charge in [-0.15, -0.1) is 0 Å². The van der Waals surface area contributed by atoms with Gasteiger partial charge >= 0.3 is 0 Å². The summed E-state index contributed by atoms with van der Waals surface area (Å²) in [7, 11) is 0. The third kappa shape index (κ3) is 2.29. The molecule has 0 bridgehead atoms. The molecular weight excluding hydrogens is 279 g/mol. The molecule has 3 aromatic rings. The zero-order valence-electron chi connectivity index (χ0n) is 10.2. The number of para-hydroxylation sites is 1. The highest BCUT2D eigenvalue weighted by Gasteiger charge is 2.10. The van der Waals surface area contributed by atoms with E-state index in [9.17, 15) is 0 Å². The van der Waals surface area contributed by atoms with Gasteiger partial charge in [-0.05, 0) is 25.1 Å². The average molecular weight is 289 g/mol. The molecule has 4 heteroatoms. The van der Waals surface area contributed by atoms with Gasteiger partial charge in [-0.1, -0.05) is 53.0 Å². The number of benzene rings is 2. The third-order valence-corrected chi connectivity index (χ3v) is 3.50. The van der Waals surface area contributed by atoms with Crippen LogP contribution in [0.1, 0.15) is 5.56 Å². The van der Waals surface area contributed by atoms with Crippen LogP contribution in [0.3, 0.4) is 0 Å². The van der Waals surface area contributed by atoms with Crippen LogP contribution in [0.5, 0.6) is 0 Å². The molecule has 0 saturated heterocycles. The Hall–Kier alpha value is -1.64. The van der Waals surface area contributed by atoms with E-state index in [0.29, 0.717) is 21.5 Å². The molecule has 0 amide bonds. The Balaban J connectivity index is 2.29. The van der Waals surface area contributed by atoms with E-state index in [1.165, 1.54) is 0 Å². The smallest absolute Gasteiger partial charge is 0.161 e. The second kappa shape index (κ2) is 4.80. The predicted octanol–water partition coefficient (Wildman–Crippen LogP) is 4.91. The molecule has 1 heterocycles. The number of fused-ring (bicyclic) bond motifs is 1. The molecule has 0 spiro atoms. The van der Waals surface area contributed by atoms with E-state index < -0.39 is 0 Å². The van der Waals surface area contributed by atoms with Crippen LogP contribution in [0.2, 0.25) is 10.2 Å². The van der Waals surface area contributed by atoms with Gasteiger partial charge in [0, 0.05) is 10.9 Å². The van der Waals surface area contributed by atoms with Crippen molar-refractivity contribution >= 4 is 34.1 Å². The van der Waals surface area contributed by atoms with Crippen LogP contribution >= 0.6 is 23.2 Å². The zero-order chi connectivity index (χ0) is 13.4. The molecule has 0 saturated carbocycles. The quantitative estimate of drug-likeness (QED) is 0.595. The normalized spacial score (nSPS) is 10.9. The number of aromatic nitrogens is 2. The van der Waals surface area contributed by atoms with Crippen LogP contribution in [0.4, 0.5) is 0 Å². The summed E-state index contributed by atoms with van der Waals surface area (Å²) in [6, 6.07) is 13.5. The molecule has 94 valence electrons. The van der Waals surface area contributed by atoms with Crippen molar-refractivity contribution in [2.45, 2.75) is 6.92 Å². The number of rotatable bonds is 1. The minimum Gasteiger partial charge on any atom is -0.226 e. The van der Waals surface area contributed by atoms with Gasteiger partial charge in [-0.2, -0.15) is 0 Å². The molecule has 0 aliphatic rings. The fraction of sp³-hybridized carbons (Fsp3) is 0.0667.